The van der Waals surface area contributed by atoms with E-state index in [2.05, 4.69) is 10.6 Å². The van der Waals surface area contributed by atoms with Crippen molar-refractivity contribution < 1.29 is 14.7 Å². The third-order valence-electron chi connectivity index (χ3n) is 3.45. The number of nitrogens with one attached hydrogen (secondary N) is 2. The third-order valence-corrected chi connectivity index (χ3v) is 3.45. The standard InChI is InChI=1S/C18H20N2O3/c1-13(22)19-11-14-7-9-16(10-8-14)18(23)20-17(12-21)15-5-3-2-4-6-15/h2-10,17,21H,11-12H2,1H3,(H,19,22)(H,20,23). The molecule has 1 atom stereocenters. The van der Waals surface area contributed by atoms with Crippen molar-refractivity contribution in [1.82, 2.24) is 10.6 Å². The van der Waals surface area contributed by atoms with Crippen LogP contribution in [0.3, 0.4) is 0 Å². The number of hydrogen-bond acceptors (Lipinski definition) is 3. The molecule has 0 aromatic heterocycles. The summed E-state index contributed by atoms with van der Waals surface area (Å²) in [6, 6.07) is 15.9. The van der Waals surface area contributed by atoms with Crippen LogP contribution in [0.15, 0.2) is 54.6 Å². The molecular weight excluding hydrogens is 292 g/mol. The molecule has 2 rings (SSSR count). The number of aliphatic hydroxyl groups is 1. The van der Waals surface area contributed by atoms with Gasteiger partial charge in [0.05, 0.1) is 12.6 Å². The number of carbonyl (C=O) groups excluding carboxylic acids is 2. The second kappa shape index (κ2) is 8.10. The minimum absolute atomic E-state index is 0.0968. The van der Waals surface area contributed by atoms with Crippen LogP contribution < -0.4 is 10.6 Å². The van der Waals surface area contributed by atoms with Crippen molar-refractivity contribution in [3.8, 4) is 0 Å². The van der Waals surface area contributed by atoms with Crippen molar-refractivity contribution in [2.24, 2.45) is 0 Å². The first-order valence-electron chi connectivity index (χ1n) is 7.40. The summed E-state index contributed by atoms with van der Waals surface area (Å²) in [4.78, 5) is 23.2. The second-order valence-electron chi connectivity index (χ2n) is 5.23. The summed E-state index contributed by atoms with van der Waals surface area (Å²) in [6.45, 7) is 1.72. The van der Waals surface area contributed by atoms with Gasteiger partial charge in [0.1, 0.15) is 0 Å². The van der Waals surface area contributed by atoms with Crippen LogP contribution in [-0.4, -0.2) is 23.5 Å². The van der Waals surface area contributed by atoms with Crippen LogP contribution in [-0.2, 0) is 11.3 Å². The van der Waals surface area contributed by atoms with Gasteiger partial charge < -0.3 is 15.7 Å². The lowest BCUT2D eigenvalue weighted by Crippen LogP contribution is -2.30. The van der Waals surface area contributed by atoms with E-state index in [1.807, 2.05) is 30.3 Å². The van der Waals surface area contributed by atoms with Crippen LogP contribution in [0.2, 0.25) is 0 Å². The van der Waals surface area contributed by atoms with Gasteiger partial charge in [-0.05, 0) is 23.3 Å². The summed E-state index contributed by atoms with van der Waals surface area (Å²) in [5.74, 6) is -0.348. The predicted octanol–water partition coefficient (Wildman–Crippen LogP) is 1.79. The molecule has 120 valence electrons. The summed E-state index contributed by atoms with van der Waals surface area (Å²) in [5.41, 5.74) is 2.27. The molecule has 0 aliphatic rings. The lowest BCUT2D eigenvalue weighted by atomic mass is 10.1. The fourth-order valence-electron chi connectivity index (χ4n) is 2.16. The molecular formula is C18H20N2O3. The van der Waals surface area contributed by atoms with Gasteiger partial charge in [0, 0.05) is 19.0 Å². The summed E-state index contributed by atoms with van der Waals surface area (Å²) in [7, 11) is 0. The van der Waals surface area contributed by atoms with Gasteiger partial charge in [0.25, 0.3) is 5.91 Å². The van der Waals surface area contributed by atoms with E-state index in [0.717, 1.165) is 11.1 Å². The molecule has 0 bridgehead atoms. The van der Waals surface area contributed by atoms with Gasteiger partial charge in [-0.3, -0.25) is 9.59 Å². The molecule has 0 heterocycles. The van der Waals surface area contributed by atoms with Crippen LogP contribution in [0, 0.1) is 0 Å². The molecule has 23 heavy (non-hydrogen) atoms. The van der Waals surface area contributed by atoms with Gasteiger partial charge in [0.2, 0.25) is 5.91 Å². The number of aliphatic hydroxyl groups excluding tert-OH is 1. The molecule has 2 aromatic rings. The third kappa shape index (κ3) is 4.93. The first-order chi connectivity index (χ1) is 11.1. The van der Waals surface area contributed by atoms with E-state index in [1.165, 1.54) is 6.92 Å². The van der Waals surface area contributed by atoms with Gasteiger partial charge >= 0.3 is 0 Å². The Balaban J connectivity index is 2.01. The quantitative estimate of drug-likeness (QED) is 0.761. The Bertz CT molecular complexity index is 654. The van der Waals surface area contributed by atoms with Crippen molar-refractivity contribution in [3.63, 3.8) is 0 Å². The molecule has 0 saturated heterocycles. The SMILES string of the molecule is CC(=O)NCc1ccc(C(=O)NC(CO)c2ccccc2)cc1. The van der Waals surface area contributed by atoms with E-state index in [1.54, 1.807) is 24.3 Å². The zero-order valence-electron chi connectivity index (χ0n) is 13.0. The van der Waals surface area contributed by atoms with Crippen LogP contribution in [0.4, 0.5) is 0 Å². The average Bonchev–Trinajstić information content (AvgIpc) is 2.58. The van der Waals surface area contributed by atoms with Crippen molar-refractivity contribution >= 4 is 11.8 Å². The van der Waals surface area contributed by atoms with Gasteiger partial charge in [0.15, 0.2) is 0 Å². The fraction of sp³-hybridized carbons (Fsp3) is 0.222. The Morgan fingerprint density at radius 1 is 1.04 bits per heavy atom. The van der Waals surface area contributed by atoms with E-state index < -0.39 is 6.04 Å². The first kappa shape index (κ1) is 16.7. The molecule has 5 heteroatoms. The molecule has 0 radical (unpaired) electrons. The number of hydrogen-bond donors (Lipinski definition) is 3. The first-order valence-corrected chi connectivity index (χ1v) is 7.40. The maximum Gasteiger partial charge on any atom is 0.251 e. The Morgan fingerprint density at radius 2 is 1.70 bits per heavy atom. The molecule has 2 amide bonds. The van der Waals surface area contributed by atoms with E-state index in [4.69, 9.17) is 0 Å². The van der Waals surface area contributed by atoms with Crippen molar-refractivity contribution in [3.05, 3.63) is 71.3 Å². The molecule has 1 unspecified atom stereocenters. The average molecular weight is 312 g/mol. The monoisotopic (exact) mass is 312 g/mol. The second-order valence-corrected chi connectivity index (χ2v) is 5.23. The predicted molar refractivity (Wildman–Crippen MR) is 87.7 cm³/mol. The smallest absolute Gasteiger partial charge is 0.251 e. The highest BCUT2D eigenvalue weighted by molar-refractivity contribution is 5.94. The molecule has 2 aromatic carbocycles. The zero-order chi connectivity index (χ0) is 16.7. The number of carbonyl (C=O) groups is 2. The topological polar surface area (TPSA) is 78.4 Å². The van der Waals surface area contributed by atoms with Crippen LogP contribution in [0.1, 0.15) is 34.5 Å². The minimum Gasteiger partial charge on any atom is -0.394 e. The number of rotatable bonds is 6. The maximum atomic E-state index is 12.3. The van der Waals surface area contributed by atoms with Crippen LogP contribution in [0.5, 0.6) is 0 Å². The number of benzene rings is 2. The van der Waals surface area contributed by atoms with Crippen molar-refractivity contribution in [2.75, 3.05) is 6.61 Å². The summed E-state index contributed by atoms with van der Waals surface area (Å²) >= 11 is 0. The largest absolute Gasteiger partial charge is 0.394 e. The minimum atomic E-state index is -0.442. The van der Waals surface area contributed by atoms with Crippen LogP contribution >= 0.6 is 0 Å². The maximum absolute atomic E-state index is 12.3. The van der Waals surface area contributed by atoms with E-state index in [-0.39, 0.29) is 18.4 Å². The highest BCUT2D eigenvalue weighted by Crippen LogP contribution is 2.13. The molecule has 0 aliphatic carbocycles. The fourth-order valence-corrected chi connectivity index (χ4v) is 2.16. The molecule has 0 aliphatic heterocycles. The lowest BCUT2D eigenvalue weighted by molar-refractivity contribution is -0.119. The lowest BCUT2D eigenvalue weighted by Gasteiger charge is -2.17. The Morgan fingerprint density at radius 3 is 2.26 bits per heavy atom. The highest BCUT2D eigenvalue weighted by Gasteiger charge is 2.14. The van der Waals surface area contributed by atoms with E-state index in [9.17, 15) is 14.7 Å². The summed E-state index contributed by atoms with van der Waals surface area (Å²) < 4.78 is 0. The normalized spacial score (nSPS) is 11.6. The molecule has 0 fully saturated rings. The van der Waals surface area contributed by atoms with Crippen LogP contribution in [0.25, 0.3) is 0 Å². The van der Waals surface area contributed by atoms with Crippen molar-refractivity contribution in [2.45, 2.75) is 19.5 Å². The number of amides is 2. The van der Waals surface area contributed by atoms with Gasteiger partial charge in [-0.25, -0.2) is 0 Å². The van der Waals surface area contributed by atoms with Gasteiger partial charge in [-0.15, -0.1) is 0 Å². The van der Waals surface area contributed by atoms with Gasteiger partial charge in [-0.2, -0.15) is 0 Å². The molecule has 3 N–H and O–H groups in total. The van der Waals surface area contributed by atoms with Gasteiger partial charge in [-0.1, -0.05) is 42.5 Å². The van der Waals surface area contributed by atoms with E-state index in [0.29, 0.717) is 12.1 Å². The zero-order valence-corrected chi connectivity index (χ0v) is 13.0. The Hall–Kier alpha value is -2.66. The Labute approximate surface area is 135 Å². The van der Waals surface area contributed by atoms with E-state index >= 15 is 0 Å². The Kier molecular flexibility index (Phi) is 5.88. The van der Waals surface area contributed by atoms with Crippen molar-refractivity contribution in [1.29, 1.82) is 0 Å². The molecule has 0 saturated carbocycles. The summed E-state index contributed by atoms with van der Waals surface area (Å²) in [5, 5.41) is 15.0. The summed E-state index contributed by atoms with van der Waals surface area (Å²) in [6.07, 6.45) is 0. The highest BCUT2D eigenvalue weighted by atomic mass is 16.3. The molecule has 5 nitrogen and oxygen atoms in total. The molecule has 0 spiro atoms.